The van der Waals surface area contributed by atoms with Crippen molar-refractivity contribution in [2.24, 2.45) is 5.41 Å². The van der Waals surface area contributed by atoms with Crippen molar-refractivity contribution in [3.8, 4) is 0 Å². The first-order valence-electron chi connectivity index (χ1n) is 5.67. The van der Waals surface area contributed by atoms with Gasteiger partial charge in [0.1, 0.15) is 5.82 Å². The number of nitrogens with one attached hydrogen (secondary N) is 2. The van der Waals surface area contributed by atoms with Crippen molar-refractivity contribution < 1.29 is 4.79 Å². The smallest absolute Gasteiger partial charge is 0.226 e. The molecular formula is C12H20N4O. The van der Waals surface area contributed by atoms with E-state index in [-0.39, 0.29) is 5.91 Å². The Labute approximate surface area is 102 Å². The molecule has 0 aromatic carbocycles. The van der Waals surface area contributed by atoms with Crippen LogP contribution in [0.25, 0.3) is 0 Å². The van der Waals surface area contributed by atoms with Crippen LogP contribution in [0, 0.1) is 12.3 Å². The average Bonchev–Trinajstić information content (AvgIpc) is 2.27. The van der Waals surface area contributed by atoms with Gasteiger partial charge in [-0.05, 0) is 26.8 Å². The molecule has 0 fully saturated rings. The normalized spacial score (nSPS) is 11.3. The molecule has 5 nitrogen and oxygen atoms in total. The number of hydrogen-bond donors (Lipinski definition) is 2. The first kappa shape index (κ1) is 13.6. The molecule has 1 amide bonds. The van der Waals surface area contributed by atoms with E-state index in [1.807, 2.05) is 26.8 Å². The molecule has 1 heterocycles. The quantitative estimate of drug-likeness (QED) is 0.787. The summed E-state index contributed by atoms with van der Waals surface area (Å²) in [5.41, 5.74) is 0.516. The number of amides is 1. The van der Waals surface area contributed by atoms with E-state index in [0.717, 1.165) is 11.5 Å². The molecule has 0 bridgehead atoms. The van der Waals surface area contributed by atoms with E-state index in [4.69, 9.17) is 0 Å². The molecule has 1 rings (SSSR count). The molecule has 0 unspecified atom stereocenters. The lowest BCUT2D eigenvalue weighted by atomic mass is 9.92. The molecule has 0 aliphatic rings. The third-order valence-corrected chi connectivity index (χ3v) is 2.55. The fourth-order valence-corrected chi connectivity index (χ4v) is 1.53. The Hall–Kier alpha value is -1.49. The summed E-state index contributed by atoms with van der Waals surface area (Å²) in [4.78, 5) is 19.9. The van der Waals surface area contributed by atoms with Gasteiger partial charge < -0.3 is 10.6 Å². The summed E-state index contributed by atoms with van der Waals surface area (Å²) >= 11 is 0. The summed E-state index contributed by atoms with van der Waals surface area (Å²) in [5, 5.41) is 5.89. The maximum absolute atomic E-state index is 11.6. The van der Waals surface area contributed by atoms with Crippen LogP contribution in [-0.2, 0) is 11.3 Å². The standard InChI is InChI=1S/C12H20N4O/c1-9-15-6-5-10(16-9)7-14-8-12(2,3)11(17)13-4/h5-6,14H,7-8H2,1-4H3,(H,13,17). The van der Waals surface area contributed by atoms with Gasteiger partial charge in [-0.15, -0.1) is 0 Å². The van der Waals surface area contributed by atoms with Gasteiger partial charge in [0.15, 0.2) is 0 Å². The van der Waals surface area contributed by atoms with Crippen molar-refractivity contribution in [1.29, 1.82) is 0 Å². The SMILES string of the molecule is CNC(=O)C(C)(C)CNCc1ccnc(C)n1. The molecule has 94 valence electrons. The minimum absolute atomic E-state index is 0.0314. The van der Waals surface area contributed by atoms with Gasteiger partial charge in [0.2, 0.25) is 5.91 Å². The molecule has 5 heteroatoms. The van der Waals surface area contributed by atoms with Crippen LogP contribution in [-0.4, -0.2) is 29.5 Å². The molecule has 0 saturated carbocycles. The van der Waals surface area contributed by atoms with Crippen molar-refractivity contribution in [1.82, 2.24) is 20.6 Å². The molecule has 0 aliphatic carbocycles. The Morgan fingerprint density at radius 3 is 2.76 bits per heavy atom. The number of carbonyl (C=O) groups is 1. The van der Waals surface area contributed by atoms with Gasteiger partial charge >= 0.3 is 0 Å². The van der Waals surface area contributed by atoms with Gasteiger partial charge in [0.05, 0.1) is 11.1 Å². The molecular weight excluding hydrogens is 216 g/mol. The Morgan fingerprint density at radius 1 is 1.47 bits per heavy atom. The molecule has 0 atom stereocenters. The average molecular weight is 236 g/mol. The van der Waals surface area contributed by atoms with Gasteiger partial charge in [-0.3, -0.25) is 4.79 Å². The van der Waals surface area contributed by atoms with Gasteiger partial charge in [0.25, 0.3) is 0 Å². The van der Waals surface area contributed by atoms with Crippen molar-refractivity contribution in [3.63, 3.8) is 0 Å². The maximum atomic E-state index is 11.6. The molecule has 1 aromatic rings. The van der Waals surface area contributed by atoms with Crippen LogP contribution in [0.3, 0.4) is 0 Å². The third kappa shape index (κ3) is 4.11. The molecule has 17 heavy (non-hydrogen) atoms. The lowest BCUT2D eigenvalue weighted by Gasteiger charge is -2.22. The van der Waals surface area contributed by atoms with E-state index in [0.29, 0.717) is 13.1 Å². The minimum atomic E-state index is -0.420. The summed E-state index contributed by atoms with van der Waals surface area (Å²) in [6, 6.07) is 1.87. The predicted molar refractivity (Wildman–Crippen MR) is 66.3 cm³/mol. The Kier molecular flexibility index (Phi) is 4.57. The van der Waals surface area contributed by atoms with Crippen molar-refractivity contribution in [2.45, 2.75) is 27.3 Å². The van der Waals surface area contributed by atoms with Crippen LogP contribution in [0.2, 0.25) is 0 Å². The third-order valence-electron chi connectivity index (χ3n) is 2.55. The highest BCUT2D eigenvalue weighted by Gasteiger charge is 2.25. The number of hydrogen-bond acceptors (Lipinski definition) is 4. The number of carbonyl (C=O) groups excluding carboxylic acids is 1. The first-order chi connectivity index (χ1) is 7.95. The fourth-order valence-electron chi connectivity index (χ4n) is 1.53. The minimum Gasteiger partial charge on any atom is -0.359 e. The predicted octanol–water partition coefficient (Wildman–Crippen LogP) is 0.647. The van der Waals surface area contributed by atoms with E-state index in [9.17, 15) is 4.79 Å². The topological polar surface area (TPSA) is 66.9 Å². The summed E-state index contributed by atoms with van der Waals surface area (Å²) in [7, 11) is 1.65. The Bertz CT molecular complexity index is 390. The van der Waals surface area contributed by atoms with Gasteiger partial charge in [0, 0.05) is 26.3 Å². The zero-order valence-corrected chi connectivity index (χ0v) is 10.9. The van der Waals surface area contributed by atoms with Crippen LogP contribution in [0.4, 0.5) is 0 Å². The zero-order valence-electron chi connectivity index (χ0n) is 10.9. The van der Waals surface area contributed by atoms with Gasteiger partial charge in [-0.2, -0.15) is 0 Å². The summed E-state index contributed by atoms with van der Waals surface area (Å²) in [5.74, 6) is 0.790. The second-order valence-electron chi connectivity index (χ2n) is 4.66. The second kappa shape index (κ2) is 5.72. The fraction of sp³-hybridized carbons (Fsp3) is 0.583. The van der Waals surface area contributed by atoms with Crippen LogP contribution in [0.1, 0.15) is 25.4 Å². The molecule has 0 saturated heterocycles. The van der Waals surface area contributed by atoms with Crippen LogP contribution >= 0.6 is 0 Å². The molecule has 2 N–H and O–H groups in total. The van der Waals surface area contributed by atoms with Crippen molar-refractivity contribution >= 4 is 5.91 Å². The zero-order chi connectivity index (χ0) is 12.9. The van der Waals surface area contributed by atoms with Crippen LogP contribution in [0.15, 0.2) is 12.3 Å². The van der Waals surface area contributed by atoms with E-state index >= 15 is 0 Å². The maximum Gasteiger partial charge on any atom is 0.226 e. The number of aryl methyl sites for hydroxylation is 1. The van der Waals surface area contributed by atoms with E-state index in [1.54, 1.807) is 13.2 Å². The second-order valence-corrected chi connectivity index (χ2v) is 4.66. The van der Waals surface area contributed by atoms with E-state index in [1.165, 1.54) is 0 Å². The van der Waals surface area contributed by atoms with E-state index in [2.05, 4.69) is 20.6 Å². The van der Waals surface area contributed by atoms with Crippen LogP contribution in [0.5, 0.6) is 0 Å². The largest absolute Gasteiger partial charge is 0.359 e. The van der Waals surface area contributed by atoms with Crippen molar-refractivity contribution in [3.05, 3.63) is 23.8 Å². The summed E-state index contributed by atoms with van der Waals surface area (Å²) < 4.78 is 0. The number of rotatable bonds is 5. The van der Waals surface area contributed by atoms with E-state index < -0.39 is 5.41 Å². The molecule has 1 aromatic heterocycles. The Morgan fingerprint density at radius 2 is 2.18 bits per heavy atom. The van der Waals surface area contributed by atoms with Gasteiger partial charge in [-0.25, -0.2) is 9.97 Å². The Balaban J connectivity index is 2.45. The van der Waals surface area contributed by atoms with Gasteiger partial charge in [-0.1, -0.05) is 0 Å². The first-order valence-corrected chi connectivity index (χ1v) is 5.67. The highest BCUT2D eigenvalue weighted by atomic mass is 16.2. The number of nitrogens with zero attached hydrogens (tertiary/aromatic N) is 2. The highest BCUT2D eigenvalue weighted by molar-refractivity contribution is 5.81. The molecule has 0 radical (unpaired) electrons. The molecule has 0 spiro atoms. The van der Waals surface area contributed by atoms with Crippen molar-refractivity contribution in [2.75, 3.05) is 13.6 Å². The van der Waals surface area contributed by atoms with Crippen LogP contribution < -0.4 is 10.6 Å². The molecule has 0 aliphatic heterocycles. The lowest BCUT2D eigenvalue weighted by molar-refractivity contribution is -0.128. The summed E-state index contributed by atoms with van der Waals surface area (Å²) in [6.07, 6.45) is 1.74. The summed E-state index contributed by atoms with van der Waals surface area (Å²) in [6.45, 7) is 6.92. The number of aromatic nitrogens is 2. The highest BCUT2D eigenvalue weighted by Crippen LogP contribution is 2.13. The lowest BCUT2D eigenvalue weighted by Crippen LogP contribution is -2.41. The monoisotopic (exact) mass is 236 g/mol.